The van der Waals surface area contributed by atoms with Crippen molar-refractivity contribution in [3.05, 3.63) is 0 Å². The highest BCUT2D eigenvalue weighted by Gasteiger charge is 2.44. The number of hydrogen-bond donors (Lipinski definition) is 2. The highest BCUT2D eigenvalue weighted by atomic mass is 16.4. The maximum atomic E-state index is 12.0. The summed E-state index contributed by atoms with van der Waals surface area (Å²) in [6, 6.07) is 0.487. The van der Waals surface area contributed by atoms with Crippen molar-refractivity contribution in [1.29, 1.82) is 0 Å². The molecule has 0 spiro atoms. The zero-order valence-corrected chi connectivity index (χ0v) is 11.8. The molecule has 3 atom stereocenters. The Hall–Kier alpha value is -1.54. The first kappa shape index (κ1) is 14.9. The zero-order valence-electron chi connectivity index (χ0n) is 11.8. The molecule has 2 N–H and O–H groups in total. The topological polar surface area (TPSA) is 69.6 Å². The first-order valence-corrected chi connectivity index (χ1v) is 7.23. The largest absolute Gasteiger partial charge is 0.481 e. The van der Waals surface area contributed by atoms with Crippen molar-refractivity contribution in [3.8, 4) is 12.3 Å². The van der Waals surface area contributed by atoms with Crippen LogP contribution in [0.4, 0.5) is 0 Å². The third-order valence-electron chi connectivity index (χ3n) is 4.54. The van der Waals surface area contributed by atoms with Gasteiger partial charge in [0.1, 0.15) is 0 Å². The number of nitrogens with zero attached hydrogens (tertiary/aromatic N) is 1. The van der Waals surface area contributed by atoms with Gasteiger partial charge < -0.3 is 10.4 Å². The lowest BCUT2D eigenvalue weighted by Gasteiger charge is -2.41. The van der Waals surface area contributed by atoms with Crippen LogP contribution in [0.3, 0.4) is 0 Å². The lowest BCUT2D eigenvalue weighted by atomic mass is 9.87. The lowest BCUT2D eigenvalue weighted by molar-refractivity contribution is -0.139. The number of carboxylic acid groups (broad SMARTS) is 1. The van der Waals surface area contributed by atoms with E-state index in [1.165, 1.54) is 0 Å². The molecule has 5 heteroatoms. The van der Waals surface area contributed by atoms with Gasteiger partial charge in [-0.15, -0.1) is 6.42 Å². The molecule has 20 heavy (non-hydrogen) atoms. The average molecular weight is 278 g/mol. The molecule has 2 fully saturated rings. The van der Waals surface area contributed by atoms with Gasteiger partial charge in [0.05, 0.1) is 12.6 Å². The van der Waals surface area contributed by atoms with Crippen LogP contribution in [-0.4, -0.2) is 46.6 Å². The molecule has 2 rings (SSSR count). The van der Waals surface area contributed by atoms with Crippen LogP contribution in [0, 0.1) is 18.3 Å². The summed E-state index contributed by atoms with van der Waals surface area (Å²) < 4.78 is 0. The molecule has 110 valence electrons. The lowest BCUT2D eigenvalue weighted by Crippen LogP contribution is -2.53. The van der Waals surface area contributed by atoms with E-state index < -0.39 is 5.97 Å². The number of piperidine rings is 1. The number of carboxylic acids is 1. The fraction of sp³-hybridized carbons (Fsp3) is 0.733. The quantitative estimate of drug-likeness (QED) is 0.731. The summed E-state index contributed by atoms with van der Waals surface area (Å²) in [5.41, 5.74) is 0. The molecule has 0 aliphatic carbocycles. The zero-order chi connectivity index (χ0) is 14.7. The Labute approximate surface area is 119 Å². The normalized spacial score (nSPS) is 30.5. The molecule has 0 aromatic heterocycles. The Bertz CT molecular complexity index is 415. The summed E-state index contributed by atoms with van der Waals surface area (Å²) in [6.45, 7) is 2.17. The molecule has 2 bridgehead atoms. The molecule has 2 heterocycles. The van der Waals surface area contributed by atoms with Crippen LogP contribution in [0.1, 0.15) is 39.0 Å². The smallest absolute Gasteiger partial charge is 0.303 e. The van der Waals surface area contributed by atoms with E-state index in [1.807, 2.05) is 6.92 Å². The molecule has 2 saturated heterocycles. The first-order chi connectivity index (χ1) is 9.52. The van der Waals surface area contributed by atoms with Crippen LogP contribution in [0.25, 0.3) is 0 Å². The van der Waals surface area contributed by atoms with Crippen molar-refractivity contribution in [2.45, 2.75) is 57.2 Å². The van der Waals surface area contributed by atoms with E-state index in [2.05, 4.69) is 16.1 Å². The molecule has 3 unspecified atom stereocenters. The van der Waals surface area contributed by atoms with Gasteiger partial charge in [0.15, 0.2) is 0 Å². The Balaban J connectivity index is 1.96. The Morgan fingerprint density at radius 3 is 2.50 bits per heavy atom. The third-order valence-corrected chi connectivity index (χ3v) is 4.54. The first-order valence-electron chi connectivity index (χ1n) is 7.23. The van der Waals surface area contributed by atoms with Crippen molar-refractivity contribution in [2.24, 2.45) is 5.92 Å². The number of aliphatic carboxylic acids is 1. The van der Waals surface area contributed by atoms with Crippen molar-refractivity contribution >= 4 is 11.9 Å². The van der Waals surface area contributed by atoms with Crippen molar-refractivity contribution in [3.63, 3.8) is 0 Å². The fourth-order valence-corrected chi connectivity index (χ4v) is 3.79. The van der Waals surface area contributed by atoms with Gasteiger partial charge in [0.25, 0.3) is 0 Å². The standard InChI is InChI=1S/C15H22N2O3/c1-3-6-16-15(20)10(2)17-12-4-5-13(17)8-11(7-12)9-14(18)19/h1,10-13H,4-9H2,2H3,(H,16,20)(H,18,19). The molecule has 5 nitrogen and oxygen atoms in total. The van der Waals surface area contributed by atoms with Crippen LogP contribution in [-0.2, 0) is 9.59 Å². The van der Waals surface area contributed by atoms with E-state index in [0.29, 0.717) is 12.1 Å². The maximum absolute atomic E-state index is 12.0. The highest BCUT2D eigenvalue weighted by Crippen LogP contribution is 2.41. The van der Waals surface area contributed by atoms with E-state index in [1.54, 1.807) is 0 Å². The van der Waals surface area contributed by atoms with Gasteiger partial charge in [0, 0.05) is 18.5 Å². The molecule has 2 aliphatic heterocycles. The molecule has 1 amide bonds. The summed E-state index contributed by atoms with van der Waals surface area (Å²) >= 11 is 0. The average Bonchev–Trinajstić information content (AvgIpc) is 2.66. The second-order valence-corrected chi connectivity index (χ2v) is 5.87. The monoisotopic (exact) mass is 278 g/mol. The fourth-order valence-electron chi connectivity index (χ4n) is 3.79. The van der Waals surface area contributed by atoms with Crippen LogP contribution in [0.15, 0.2) is 0 Å². The molecule has 2 aliphatic rings. The number of carbonyl (C=O) groups excluding carboxylic acids is 1. The van der Waals surface area contributed by atoms with Gasteiger partial charge in [-0.05, 0) is 38.5 Å². The highest BCUT2D eigenvalue weighted by molar-refractivity contribution is 5.81. The second-order valence-electron chi connectivity index (χ2n) is 5.87. The van der Waals surface area contributed by atoms with E-state index in [-0.39, 0.29) is 30.8 Å². The van der Waals surface area contributed by atoms with Crippen molar-refractivity contribution < 1.29 is 14.7 Å². The van der Waals surface area contributed by atoms with Gasteiger partial charge in [-0.3, -0.25) is 14.5 Å². The Morgan fingerprint density at radius 2 is 2.00 bits per heavy atom. The SMILES string of the molecule is C#CCNC(=O)C(C)N1C2CCC1CC(CC(=O)O)C2. The van der Waals surface area contributed by atoms with E-state index in [0.717, 1.165) is 25.7 Å². The summed E-state index contributed by atoms with van der Waals surface area (Å²) in [5, 5.41) is 11.7. The van der Waals surface area contributed by atoms with Gasteiger partial charge >= 0.3 is 5.97 Å². The summed E-state index contributed by atoms with van der Waals surface area (Å²) in [5.74, 6) is 1.91. The molecular weight excluding hydrogens is 256 g/mol. The minimum absolute atomic E-state index is 0.0310. The number of nitrogens with one attached hydrogen (secondary N) is 1. The van der Waals surface area contributed by atoms with Crippen LogP contribution in [0.2, 0.25) is 0 Å². The minimum Gasteiger partial charge on any atom is -0.481 e. The molecule has 0 aromatic rings. The summed E-state index contributed by atoms with van der Waals surface area (Å²) in [7, 11) is 0. The number of fused-ring (bicyclic) bond motifs is 2. The molecular formula is C15H22N2O3. The predicted octanol–water partition coefficient (Wildman–Crippen LogP) is 0.842. The van der Waals surface area contributed by atoms with Crippen LogP contribution >= 0.6 is 0 Å². The van der Waals surface area contributed by atoms with Gasteiger partial charge in [0.2, 0.25) is 5.91 Å². The van der Waals surface area contributed by atoms with Crippen LogP contribution in [0.5, 0.6) is 0 Å². The van der Waals surface area contributed by atoms with E-state index in [4.69, 9.17) is 11.5 Å². The van der Waals surface area contributed by atoms with Crippen LogP contribution < -0.4 is 5.32 Å². The molecule has 0 saturated carbocycles. The number of terminal acetylenes is 1. The number of amides is 1. The second kappa shape index (κ2) is 6.27. The van der Waals surface area contributed by atoms with Crippen molar-refractivity contribution in [1.82, 2.24) is 10.2 Å². The maximum Gasteiger partial charge on any atom is 0.303 e. The molecule has 0 radical (unpaired) electrons. The minimum atomic E-state index is -0.720. The van der Waals surface area contributed by atoms with E-state index in [9.17, 15) is 9.59 Å². The van der Waals surface area contributed by atoms with Gasteiger partial charge in [-0.1, -0.05) is 5.92 Å². The molecule has 0 aromatic carbocycles. The number of rotatable bonds is 5. The number of hydrogen-bond acceptors (Lipinski definition) is 3. The Kier molecular flexibility index (Phi) is 4.66. The Morgan fingerprint density at radius 1 is 1.40 bits per heavy atom. The number of carbonyl (C=O) groups is 2. The van der Waals surface area contributed by atoms with E-state index >= 15 is 0 Å². The summed E-state index contributed by atoms with van der Waals surface area (Å²) in [4.78, 5) is 25.2. The van der Waals surface area contributed by atoms with Gasteiger partial charge in [-0.2, -0.15) is 0 Å². The summed E-state index contributed by atoms with van der Waals surface area (Å²) in [6.07, 6.45) is 9.30. The van der Waals surface area contributed by atoms with Crippen molar-refractivity contribution in [2.75, 3.05) is 6.54 Å². The third kappa shape index (κ3) is 3.13. The predicted molar refractivity (Wildman–Crippen MR) is 74.9 cm³/mol. The van der Waals surface area contributed by atoms with Gasteiger partial charge in [-0.25, -0.2) is 0 Å².